The lowest BCUT2D eigenvalue weighted by Crippen LogP contribution is -2.49. The van der Waals surface area contributed by atoms with Gasteiger partial charge in [0.1, 0.15) is 5.75 Å². The van der Waals surface area contributed by atoms with E-state index in [1.165, 1.54) is 0 Å². The fourth-order valence-corrected chi connectivity index (χ4v) is 3.74. The Morgan fingerprint density at radius 2 is 1.50 bits per heavy atom. The second-order valence-electron chi connectivity index (χ2n) is 7.81. The number of para-hydroxylation sites is 2. The van der Waals surface area contributed by atoms with Crippen LogP contribution >= 0.6 is 0 Å². The minimum Gasteiger partial charge on any atom is -0.484 e. The van der Waals surface area contributed by atoms with Crippen LogP contribution in [0.5, 0.6) is 5.75 Å². The Morgan fingerprint density at radius 1 is 0.844 bits per heavy atom. The van der Waals surface area contributed by atoms with Gasteiger partial charge >= 0.3 is 0 Å². The molecule has 32 heavy (non-hydrogen) atoms. The van der Waals surface area contributed by atoms with Crippen molar-refractivity contribution in [3.8, 4) is 5.75 Å². The molecule has 0 atom stereocenters. The molecule has 0 bridgehead atoms. The molecule has 1 aliphatic rings. The van der Waals surface area contributed by atoms with Gasteiger partial charge in [-0.3, -0.25) is 9.59 Å². The standard InChI is InChI=1S/C26H27N3O3/c1-20-11-13-22(14-12-20)32-19-25(30)27-23-9-5-6-10-24(23)28-15-17-29(18-16-28)26(31)21-7-3-2-4-8-21/h2-14H,15-19H2,1H3,(H,27,30). The summed E-state index contributed by atoms with van der Waals surface area (Å²) >= 11 is 0. The molecule has 0 radical (unpaired) electrons. The summed E-state index contributed by atoms with van der Waals surface area (Å²) in [4.78, 5) is 29.3. The van der Waals surface area contributed by atoms with Crippen LogP contribution in [0.3, 0.4) is 0 Å². The molecule has 1 heterocycles. The largest absolute Gasteiger partial charge is 0.484 e. The van der Waals surface area contributed by atoms with E-state index < -0.39 is 0 Å². The molecule has 6 heteroatoms. The summed E-state index contributed by atoms with van der Waals surface area (Å²) < 4.78 is 5.59. The number of nitrogens with one attached hydrogen (secondary N) is 1. The number of ether oxygens (including phenoxy) is 1. The van der Waals surface area contributed by atoms with Crippen molar-refractivity contribution in [2.75, 3.05) is 43.0 Å². The van der Waals surface area contributed by atoms with Crippen molar-refractivity contribution in [3.05, 3.63) is 90.0 Å². The Morgan fingerprint density at radius 3 is 2.22 bits per heavy atom. The van der Waals surface area contributed by atoms with E-state index >= 15 is 0 Å². The quantitative estimate of drug-likeness (QED) is 0.644. The number of nitrogens with zero attached hydrogens (tertiary/aromatic N) is 2. The summed E-state index contributed by atoms with van der Waals surface area (Å²) in [5.41, 5.74) is 3.54. The zero-order valence-electron chi connectivity index (χ0n) is 18.2. The van der Waals surface area contributed by atoms with Gasteiger partial charge in [0.25, 0.3) is 11.8 Å². The van der Waals surface area contributed by atoms with Crippen LogP contribution in [0, 0.1) is 6.92 Å². The maximum absolute atomic E-state index is 12.7. The highest BCUT2D eigenvalue weighted by molar-refractivity contribution is 5.96. The monoisotopic (exact) mass is 429 g/mol. The molecule has 1 fully saturated rings. The third kappa shape index (κ3) is 5.27. The molecule has 4 rings (SSSR count). The first-order valence-electron chi connectivity index (χ1n) is 10.8. The third-order valence-electron chi connectivity index (χ3n) is 5.50. The summed E-state index contributed by atoms with van der Waals surface area (Å²) in [6.45, 7) is 4.61. The Labute approximate surface area is 188 Å². The van der Waals surface area contributed by atoms with Crippen LogP contribution in [0.1, 0.15) is 15.9 Å². The van der Waals surface area contributed by atoms with Crippen molar-refractivity contribution >= 4 is 23.2 Å². The van der Waals surface area contributed by atoms with Crippen LogP contribution in [0.25, 0.3) is 0 Å². The van der Waals surface area contributed by atoms with E-state index in [0.29, 0.717) is 37.5 Å². The number of rotatable bonds is 6. The number of hydrogen-bond donors (Lipinski definition) is 1. The maximum Gasteiger partial charge on any atom is 0.262 e. The topological polar surface area (TPSA) is 61.9 Å². The molecule has 164 valence electrons. The first-order chi connectivity index (χ1) is 15.6. The molecule has 6 nitrogen and oxygen atoms in total. The molecule has 0 saturated carbocycles. The summed E-state index contributed by atoms with van der Waals surface area (Å²) in [7, 11) is 0. The van der Waals surface area contributed by atoms with E-state index in [-0.39, 0.29) is 18.4 Å². The van der Waals surface area contributed by atoms with E-state index in [1.807, 2.05) is 90.7 Å². The molecule has 0 unspecified atom stereocenters. The van der Waals surface area contributed by atoms with Crippen LogP contribution in [0.4, 0.5) is 11.4 Å². The Bertz CT molecular complexity index is 1060. The van der Waals surface area contributed by atoms with Gasteiger partial charge < -0.3 is 19.9 Å². The third-order valence-corrected chi connectivity index (χ3v) is 5.50. The number of piperazine rings is 1. The van der Waals surface area contributed by atoms with Gasteiger partial charge in [-0.15, -0.1) is 0 Å². The van der Waals surface area contributed by atoms with Gasteiger partial charge in [0.2, 0.25) is 0 Å². The lowest BCUT2D eigenvalue weighted by atomic mass is 10.1. The van der Waals surface area contributed by atoms with Gasteiger partial charge in [-0.25, -0.2) is 0 Å². The highest BCUT2D eigenvalue weighted by Crippen LogP contribution is 2.27. The van der Waals surface area contributed by atoms with Crippen LogP contribution in [-0.4, -0.2) is 49.5 Å². The average molecular weight is 430 g/mol. The number of benzene rings is 3. The van der Waals surface area contributed by atoms with Gasteiger partial charge in [-0.1, -0.05) is 48.0 Å². The van der Waals surface area contributed by atoms with Crippen LogP contribution < -0.4 is 15.0 Å². The predicted octanol–water partition coefficient (Wildman–Crippen LogP) is 3.97. The van der Waals surface area contributed by atoms with E-state index in [4.69, 9.17) is 4.74 Å². The minimum absolute atomic E-state index is 0.0556. The molecule has 3 aromatic rings. The molecule has 0 aliphatic carbocycles. The van der Waals surface area contributed by atoms with Crippen LogP contribution in [0.15, 0.2) is 78.9 Å². The predicted molar refractivity (Wildman–Crippen MR) is 126 cm³/mol. The normalized spacial score (nSPS) is 13.5. The molecule has 0 aromatic heterocycles. The van der Waals surface area contributed by atoms with Crippen molar-refractivity contribution in [3.63, 3.8) is 0 Å². The van der Waals surface area contributed by atoms with Crippen molar-refractivity contribution in [1.29, 1.82) is 0 Å². The van der Waals surface area contributed by atoms with Crippen molar-refractivity contribution in [2.45, 2.75) is 6.92 Å². The van der Waals surface area contributed by atoms with Gasteiger partial charge in [-0.2, -0.15) is 0 Å². The smallest absolute Gasteiger partial charge is 0.262 e. The zero-order chi connectivity index (χ0) is 22.3. The maximum atomic E-state index is 12.7. The van der Waals surface area contributed by atoms with E-state index in [2.05, 4.69) is 10.2 Å². The lowest BCUT2D eigenvalue weighted by molar-refractivity contribution is -0.118. The number of carbonyl (C=O) groups is 2. The average Bonchev–Trinajstić information content (AvgIpc) is 2.84. The molecule has 0 spiro atoms. The van der Waals surface area contributed by atoms with Crippen molar-refractivity contribution in [2.24, 2.45) is 0 Å². The first-order valence-corrected chi connectivity index (χ1v) is 10.8. The molecule has 1 N–H and O–H groups in total. The molecular formula is C26H27N3O3. The fraction of sp³-hybridized carbons (Fsp3) is 0.231. The fourth-order valence-electron chi connectivity index (χ4n) is 3.74. The van der Waals surface area contributed by atoms with Crippen molar-refractivity contribution < 1.29 is 14.3 Å². The Balaban J connectivity index is 1.34. The highest BCUT2D eigenvalue weighted by atomic mass is 16.5. The number of anilines is 2. The first kappa shape index (κ1) is 21.4. The SMILES string of the molecule is Cc1ccc(OCC(=O)Nc2ccccc2N2CCN(C(=O)c3ccccc3)CC2)cc1. The Kier molecular flexibility index (Phi) is 6.70. The minimum atomic E-state index is -0.212. The lowest BCUT2D eigenvalue weighted by Gasteiger charge is -2.37. The van der Waals surface area contributed by atoms with Crippen LogP contribution in [-0.2, 0) is 4.79 Å². The highest BCUT2D eigenvalue weighted by Gasteiger charge is 2.23. The number of hydrogen-bond acceptors (Lipinski definition) is 4. The number of amides is 2. The summed E-state index contributed by atoms with van der Waals surface area (Å²) in [6, 6.07) is 24.7. The summed E-state index contributed by atoms with van der Waals surface area (Å²) in [5, 5.41) is 2.96. The number of aryl methyl sites for hydroxylation is 1. The summed E-state index contributed by atoms with van der Waals surface area (Å²) in [6.07, 6.45) is 0. The molecular weight excluding hydrogens is 402 g/mol. The zero-order valence-corrected chi connectivity index (χ0v) is 18.2. The van der Waals surface area contributed by atoms with E-state index in [9.17, 15) is 9.59 Å². The number of carbonyl (C=O) groups excluding carboxylic acids is 2. The van der Waals surface area contributed by atoms with Crippen LogP contribution in [0.2, 0.25) is 0 Å². The Hall–Kier alpha value is -3.80. The molecule has 2 amide bonds. The van der Waals surface area contributed by atoms with Gasteiger partial charge in [0.15, 0.2) is 6.61 Å². The van der Waals surface area contributed by atoms with Gasteiger partial charge in [0, 0.05) is 31.7 Å². The van der Waals surface area contributed by atoms with Gasteiger partial charge in [0.05, 0.1) is 11.4 Å². The molecule has 1 saturated heterocycles. The summed E-state index contributed by atoms with van der Waals surface area (Å²) in [5.74, 6) is 0.509. The van der Waals surface area contributed by atoms with E-state index in [0.717, 1.165) is 16.9 Å². The second kappa shape index (κ2) is 10.0. The van der Waals surface area contributed by atoms with Crippen molar-refractivity contribution in [1.82, 2.24) is 4.90 Å². The molecule has 3 aromatic carbocycles. The molecule has 1 aliphatic heterocycles. The second-order valence-corrected chi connectivity index (χ2v) is 7.81. The van der Waals surface area contributed by atoms with E-state index in [1.54, 1.807) is 0 Å². The van der Waals surface area contributed by atoms with Gasteiger partial charge in [-0.05, 0) is 43.3 Å².